The maximum absolute atomic E-state index is 10.9. The number of nitriles is 1. The predicted molar refractivity (Wildman–Crippen MR) is 72.7 cm³/mol. The first-order valence-corrected chi connectivity index (χ1v) is 6.46. The predicted octanol–water partition coefficient (Wildman–Crippen LogP) is 1.38. The minimum absolute atomic E-state index is 0.115. The van der Waals surface area contributed by atoms with E-state index in [1.807, 2.05) is 19.9 Å². The minimum atomic E-state index is -1.02. The molecule has 0 saturated heterocycles. The second kappa shape index (κ2) is 4.20. The standard InChI is InChI=1S/C14H14N4O3/c1-14(2)5-10(19)7-3-4-9-8(6-15)12(21-13(16)20)17-18(9)11(7)14/h3-4,10,19H,5H2,1-2H3,(H2,16,20). The third kappa shape index (κ3) is 1.84. The number of hydrogen-bond donors (Lipinski definition) is 2. The first-order valence-electron chi connectivity index (χ1n) is 6.46. The molecule has 0 bridgehead atoms. The van der Waals surface area contributed by atoms with Crippen LogP contribution in [0.15, 0.2) is 12.1 Å². The molecule has 2 aromatic rings. The summed E-state index contributed by atoms with van der Waals surface area (Å²) in [5.74, 6) is -0.115. The number of ether oxygens (including phenoxy) is 1. The molecule has 21 heavy (non-hydrogen) atoms. The number of amides is 1. The van der Waals surface area contributed by atoms with Gasteiger partial charge < -0.3 is 15.6 Å². The average molecular weight is 286 g/mol. The van der Waals surface area contributed by atoms with Crippen LogP contribution < -0.4 is 10.5 Å². The monoisotopic (exact) mass is 286 g/mol. The second-order valence-corrected chi connectivity index (χ2v) is 5.75. The van der Waals surface area contributed by atoms with Crippen LogP contribution >= 0.6 is 0 Å². The van der Waals surface area contributed by atoms with Gasteiger partial charge in [0.15, 0.2) is 0 Å². The highest BCUT2D eigenvalue weighted by Crippen LogP contribution is 2.45. The number of aliphatic hydroxyl groups excluding tert-OH is 1. The first-order chi connectivity index (χ1) is 9.85. The van der Waals surface area contributed by atoms with Crippen molar-refractivity contribution in [1.82, 2.24) is 9.61 Å². The van der Waals surface area contributed by atoms with Crippen LogP contribution in [-0.2, 0) is 5.41 Å². The van der Waals surface area contributed by atoms with Gasteiger partial charge in [-0.1, -0.05) is 19.9 Å². The van der Waals surface area contributed by atoms with E-state index in [-0.39, 0.29) is 16.9 Å². The van der Waals surface area contributed by atoms with Crippen LogP contribution in [0.4, 0.5) is 4.79 Å². The Morgan fingerprint density at radius 3 is 2.95 bits per heavy atom. The lowest BCUT2D eigenvalue weighted by atomic mass is 9.90. The number of hydrogen-bond acceptors (Lipinski definition) is 5. The topological polar surface area (TPSA) is 114 Å². The lowest BCUT2D eigenvalue weighted by Gasteiger charge is -2.19. The quantitative estimate of drug-likeness (QED) is 0.822. The van der Waals surface area contributed by atoms with Crippen molar-refractivity contribution in [1.29, 1.82) is 5.26 Å². The maximum atomic E-state index is 10.9. The van der Waals surface area contributed by atoms with Crippen molar-refractivity contribution < 1.29 is 14.6 Å². The molecule has 1 amide bonds. The van der Waals surface area contributed by atoms with E-state index >= 15 is 0 Å². The van der Waals surface area contributed by atoms with E-state index in [2.05, 4.69) is 5.10 Å². The number of nitrogens with two attached hydrogens (primary N) is 1. The molecule has 1 aliphatic carbocycles. The van der Waals surface area contributed by atoms with Gasteiger partial charge in [-0.25, -0.2) is 9.31 Å². The number of aliphatic hydroxyl groups is 1. The fourth-order valence-electron chi connectivity index (χ4n) is 3.01. The number of pyridine rings is 1. The zero-order chi connectivity index (χ0) is 15.4. The molecular weight excluding hydrogens is 272 g/mol. The largest absolute Gasteiger partial charge is 0.411 e. The first kappa shape index (κ1) is 13.4. The van der Waals surface area contributed by atoms with Crippen LogP contribution in [0.2, 0.25) is 0 Å². The molecule has 1 aliphatic rings. The van der Waals surface area contributed by atoms with E-state index in [0.29, 0.717) is 11.9 Å². The van der Waals surface area contributed by atoms with E-state index in [1.165, 1.54) is 0 Å². The molecule has 0 aromatic carbocycles. The van der Waals surface area contributed by atoms with Gasteiger partial charge >= 0.3 is 6.09 Å². The van der Waals surface area contributed by atoms with Crippen molar-refractivity contribution in [2.24, 2.45) is 5.73 Å². The summed E-state index contributed by atoms with van der Waals surface area (Å²) in [6.45, 7) is 3.98. The molecule has 1 atom stereocenters. The molecule has 2 aromatic heterocycles. The van der Waals surface area contributed by atoms with Crippen molar-refractivity contribution in [2.45, 2.75) is 31.8 Å². The van der Waals surface area contributed by atoms with Crippen molar-refractivity contribution >= 4 is 11.6 Å². The zero-order valence-corrected chi connectivity index (χ0v) is 11.6. The Morgan fingerprint density at radius 1 is 1.62 bits per heavy atom. The van der Waals surface area contributed by atoms with Crippen LogP contribution in [0.1, 0.15) is 43.2 Å². The van der Waals surface area contributed by atoms with Crippen molar-refractivity contribution in [3.05, 3.63) is 29.0 Å². The molecule has 2 heterocycles. The van der Waals surface area contributed by atoms with E-state index in [9.17, 15) is 15.2 Å². The number of aromatic nitrogens is 2. The van der Waals surface area contributed by atoms with Crippen LogP contribution in [0.3, 0.4) is 0 Å². The van der Waals surface area contributed by atoms with Crippen molar-refractivity contribution in [3.8, 4) is 11.9 Å². The van der Waals surface area contributed by atoms with E-state index in [4.69, 9.17) is 10.5 Å². The van der Waals surface area contributed by atoms with E-state index in [0.717, 1.165) is 11.3 Å². The lowest BCUT2D eigenvalue weighted by molar-refractivity contribution is 0.161. The number of carbonyl (C=O) groups excluding carboxylic acids is 1. The highest BCUT2D eigenvalue weighted by molar-refractivity contribution is 5.73. The van der Waals surface area contributed by atoms with Gasteiger partial charge in [-0.05, 0) is 12.5 Å². The highest BCUT2D eigenvalue weighted by Gasteiger charge is 2.39. The molecule has 7 nitrogen and oxygen atoms in total. The summed E-state index contributed by atoms with van der Waals surface area (Å²) in [4.78, 5) is 10.9. The Kier molecular flexibility index (Phi) is 2.68. The van der Waals surface area contributed by atoms with Gasteiger partial charge in [0.25, 0.3) is 5.88 Å². The number of nitrogens with zero attached hydrogens (tertiary/aromatic N) is 3. The fourth-order valence-corrected chi connectivity index (χ4v) is 3.01. The summed E-state index contributed by atoms with van der Waals surface area (Å²) in [7, 11) is 0. The molecule has 0 radical (unpaired) electrons. The molecule has 0 spiro atoms. The van der Waals surface area contributed by atoms with Gasteiger partial charge in [0.05, 0.1) is 17.3 Å². The van der Waals surface area contributed by atoms with Gasteiger partial charge in [-0.2, -0.15) is 5.26 Å². The Hall–Kier alpha value is -2.59. The van der Waals surface area contributed by atoms with E-state index < -0.39 is 12.2 Å². The van der Waals surface area contributed by atoms with Crippen molar-refractivity contribution in [2.75, 3.05) is 0 Å². The highest BCUT2D eigenvalue weighted by atomic mass is 16.6. The van der Waals surface area contributed by atoms with Crippen LogP contribution in [-0.4, -0.2) is 20.8 Å². The number of carbonyl (C=O) groups is 1. The molecular formula is C14H14N4O3. The minimum Gasteiger partial charge on any atom is -0.388 e. The normalized spacial score (nSPS) is 19.2. The third-order valence-electron chi connectivity index (χ3n) is 3.81. The Bertz CT molecular complexity index is 801. The van der Waals surface area contributed by atoms with Gasteiger partial charge in [0, 0.05) is 11.0 Å². The number of primary amides is 1. The summed E-state index contributed by atoms with van der Waals surface area (Å²) < 4.78 is 6.36. The smallest absolute Gasteiger partial charge is 0.388 e. The SMILES string of the molecule is CC1(C)CC(O)c2ccc3c(C#N)c(OC(N)=O)nn3c21. The summed E-state index contributed by atoms with van der Waals surface area (Å²) in [5, 5.41) is 23.6. The number of fused-ring (bicyclic) bond motifs is 3. The summed E-state index contributed by atoms with van der Waals surface area (Å²) in [5.41, 5.74) is 6.94. The Labute approximate surface area is 120 Å². The zero-order valence-electron chi connectivity index (χ0n) is 11.6. The Morgan fingerprint density at radius 2 is 2.33 bits per heavy atom. The van der Waals surface area contributed by atoms with Gasteiger partial charge in [0.1, 0.15) is 11.6 Å². The third-order valence-corrected chi connectivity index (χ3v) is 3.81. The van der Waals surface area contributed by atoms with Gasteiger partial charge in [-0.15, -0.1) is 5.10 Å². The van der Waals surface area contributed by atoms with Gasteiger partial charge in [-0.3, -0.25) is 0 Å². The second-order valence-electron chi connectivity index (χ2n) is 5.75. The van der Waals surface area contributed by atoms with Crippen LogP contribution in [0.5, 0.6) is 5.88 Å². The summed E-state index contributed by atoms with van der Waals surface area (Å²) >= 11 is 0. The van der Waals surface area contributed by atoms with E-state index in [1.54, 1.807) is 16.6 Å². The molecule has 3 rings (SSSR count). The molecule has 7 heteroatoms. The maximum Gasteiger partial charge on any atom is 0.411 e. The molecule has 108 valence electrons. The fraction of sp³-hybridized carbons (Fsp3) is 0.357. The lowest BCUT2D eigenvalue weighted by Crippen LogP contribution is -2.18. The molecule has 0 aliphatic heterocycles. The molecule has 1 unspecified atom stereocenters. The average Bonchev–Trinajstić information content (AvgIpc) is 2.83. The van der Waals surface area contributed by atoms with Gasteiger partial charge in [0.2, 0.25) is 0 Å². The van der Waals surface area contributed by atoms with Crippen molar-refractivity contribution in [3.63, 3.8) is 0 Å². The molecule has 0 fully saturated rings. The molecule has 0 saturated carbocycles. The Balaban J connectivity index is 2.34. The van der Waals surface area contributed by atoms with Crippen LogP contribution in [0.25, 0.3) is 5.52 Å². The molecule has 3 N–H and O–H groups in total. The number of rotatable bonds is 1. The summed E-state index contributed by atoms with van der Waals surface area (Å²) in [6, 6.07) is 5.44. The summed E-state index contributed by atoms with van der Waals surface area (Å²) in [6.07, 6.45) is -1.03. The van der Waals surface area contributed by atoms with Crippen LogP contribution in [0, 0.1) is 11.3 Å².